The number of likely N-dealkylation sites (N-methyl/N-ethyl adjacent to an activating group) is 1. The van der Waals surface area contributed by atoms with Gasteiger partial charge in [0.2, 0.25) is 0 Å². The molecule has 0 aliphatic heterocycles. The molecule has 20 heavy (non-hydrogen) atoms. The molecule has 1 aromatic rings. The van der Waals surface area contributed by atoms with E-state index in [4.69, 9.17) is 9.05 Å². The Morgan fingerprint density at radius 2 is 1.70 bits per heavy atom. The molecule has 0 fully saturated rings. The van der Waals surface area contributed by atoms with Crippen LogP contribution in [0.2, 0.25) is 0 Å². The molecule has 0 bridgehead atoms. The number of phosphoric ester groups is 1. The van der Waals surface area contributed by atoms with Gasteiger partial charge in [-0.3, -0.25) is 4.57 Å². The molecule has 6 heteroatoms. The number of benzene rings is 1. The first kappa shape index (κ1) is 17.3. The predicted molar refractivity (Wildman–Crippen MR) is 77.2 cm³/mol. The SMILES string of the molecule is C[N+](C)(C)CCOP(=O)([O-])OCCCc1ccccc1. The Labute approximate surface area is 121 Å². The summed E-state index contributed by atoms with van der Waals surface area (Å²) in [6.45, 7) is 0.905. The third kappa shape index (κ3) is 8.46. The zero-order valence-electron chi connectivity index (χ0n) is 12.4. The Hall–Kier alpha value is -0.710. The largest absolute Gasteiger partial charge is 0.756 e. The summed E-state index contributed by atoms with van der Waals surface area (Å²) in [5.74, 6) is 0. The smallest absolute Gasteiger partial charge is 0.268 e. The van der Waals surface area contributed by atoms with Gasteiger partial charge in [-0.25, -0.2) is 0 Å². The lowest BCUT2D eigenvalue weighted by Crippen LogP contribution is -2.37. The highest BCUT2D eigenvalue weighted by Crippen LogP contribution is 2.38. The predicted octanol–water partition coefficient (Wildman–Crippen LogP) is 1.83. The quantitative estimate of drug-likeness (QED) is 0.397. The fraction of sp³-hybridized carbons (Fsp3) is 0.571. The Morgan fingerprint density at radius 3 is 2.30 bits per heavy atom. The van der Waals surface area contributed by atoms with Crippen LogP contribution < -0.4 is 4.89 Å². The average Bonchev–Trinajstić information content (AvgIpc) is 2.34. The maximum atomic E-state index is 11.5. The van der Waals surface area contributed by atoms with Gasteiger partial charge in [-0.2, -0.15) is 0 Å². The molecule has 0 saturated carbocycles. The normalized spacial score (nSPS) is 15.0. The van der Waals surface area contributed by atoms with Crippen LogP contribution in [0, 0.1) is 0 Å². The van der Waals surface area contributed by atoms with Gasteiger partial charge in [0.25, 0.3) is 7.82 Å². The van der Waals surface area contributed by atoms with E-state index in [2.05, 4.69) is 0 Å². The maximum absolute atomic E-state index is 11.5. The molecule has 0 heterocycles. The molecule has 1 atom stereocenters. The lowest BCUT2D eigenvalue weighted by Gasteiger charge is -2.27. The maximum Gasteiger partial charge on any atom is 0.268 e. The molecule has 114 valence electrons. The van der Waals surface area contributed by atoms with Crippen LogP contribution in [-0.4, -0.2) is 45.4 Å². The molecule has 0 saturated heterocycles. The number of rotatable bonds is 9. The van der Waals surface area contributed by atoms with Gasteiger partial charge in [-0.05, 0) is 18.4 Å². The van der Waals surface area contributed by atoms with E-state index in [0.717, 1.165) is 6.42 Å². The van der Waals surface area contributed by atoms with Crippen molar-refractivity contribution in [3.63, 3.8) is 0 Å². The highest BCUT2D eigenvalue weighted by Gasteiger charge is 2.12. The van der Waals surface area contributed by atoms with Gasteiger partial charge in [0.1, 0.15) is 13.2 Å². The first-order valence-corrected chi connectivity index (χ1v) is 8.19. The van der Waals surface area contributed by atoms with Crippen molar-refractivity contribution in [2.24, 2.45) is 0 Å². The Bertz CT molecular complexity index is 431. The minimum absolute atomic E-state index is 0.142. The van der Waals surface area contributed by atoms with Crippen molar-refractivity contribution in [1.82, 2.24) is 0 Å². The molecule has 0 amide bonds. The Morgan fingerprint density at radius 1 is 1.10 bits per heavy atom. The van der Waals surface area contributed by atoms with Crippen molar-refractivity contribution in [1.29, 1.82) is 0 Å². The molecule has 0 aliphatic carbocycles. The van der Waals surface area contributed by atoms with Crippen molar-refractivity contribution in [3.8, 4) is 0 Å². The zero-order chi connectivity index (χ0) is 15.1. The van der Waals surface area contributed by atoms with Gasteiger partial charge in [0, 0.05) is 0 Å². The molecule has 0 aromatic heterocycles. The highest BCUT2D eigenvalue weighted by atomic mass is 31.2. The second kappa shape index (κ2) is 7.91. The summed E-state index contributed by atoms with van der Waals surface area (Å²) in [5, 5.41) is 0. The minimum atomic E-state index is -4.16. The van der Waals surface area contributed by atoms with E-state index in [-0.39, 0.29) is 13.2 Å². The number of hydrogen-bond donors (Lipinski definition) is 0. The molecule has 1 unspecified atom stereocenters. The van der Waals surface area contributed by atoms with Gasteiger partial charge in [0.15, 0.2) is 0 Å². The van der Waals surface area contributed by atoms with Crippen LogP contribution in [0.1, 0.15) is 12.0 Å². The van der Waals surface area contributed by atoms with Gasteiger partial charge in [0.05, 0.1) is 27.7 Å². The van der Waals surface area contributed by atoms with E-state index in [1.165, 1.54) is 5.56 Å². The molecular formula is C14H24NO4P. The van der Waals surface area contributed by atoms with E-state index in [9.17, 15) is 9.46 Å². The summed E-state index contributed by atoms with van der Waals surface area (Å²) in [5.41, 5.74) is 1.17. The monoisotopic (exact) mass is 301 g/mol. The van der Waals surface area contributed by atoms with Crippen molar-refractivity contribution in [2.75, 3.05) is 40.9 Å². The first-order chi connectivity index (χ1) is 9.29. The van der Waals surface area contributed by atoms with E-state index in [1.54, 1.807) is 0 Å². The van der Waals surface area contributed by atoms with Gasteiger partial charge >= 0.3 is 0 Å². The second-order valence-corrected chi connectivity index (χ2v) is 7.13. The van der Waals surface area contributed by atoms with Gasteiger partial charge in [-0.15, -0.1) is 0 Å². The van der Waals surface area contributed by atoms with Crippen LogP contribution in [0.25, 0.3) is 0 Å². The fourth-order valence-corrected chi connectivity index (χ4v) is 2.29. The van der Waals surface area contributed by atoms with Crippen LogP contribution in [0.3, 0.4) is 0 Å². The third-order valence-corrected chi connectivity index (χ3v) is 3.71. The first-order valence-electron chi connectivity index (χ1n) is 6.73. The topological polar surface area (TPSA) is 58.6 Å². The van der Waals surface area contributed by atoms with Crippen molar-refractivity contribution in [2.45, 2.75) is 12.8 Å². The number of nitrogens with zero attached hydrogens (tertiary/aromatic N) is 1. The van der Waals surface area contributed by atoms with Gasteiger partial charge < -0.3 is 18.4 Å². The van der Waals surface area contributed by atoms with Crippen molar-refractivity contribution >= 4 is 7.82 Å². The number of hydrogen-bond acceptors (Lipinski definition) is 4. The van der Waals surface area contributed by atoms with Crippen molar-refractivity contribution in [3.05, 3.63) is 35.9 Å². The molecule has 0 radical (unpaired) electrons. The summed E-state index contributed by atoms with van der Waals surface area (Å²) in [6, 6.07) is 9.89. The standard InChI is InChI=1S/C14H24NO4P/c1-15(2,3)11-13-19-20(16,17)18-12-7-10-14-8-5-4-6-9-14/h4-6,8-9H,7,10-13H2,1-3H3. The summed E-state index contributed by atoms with van der Waals surface area (Å²) in [4.78, 5) is 11.5. The minimum Gasteiger partial charge on any atom is -0.756 e. The number of phosphoric acid groups is 1. The summed E-state index contributed by atoms with van der Waals surface area (Å²) < 4.78 is 21.8. The zero-order valence-corrected chi connectivity index (χ0v) is 13.3. The van der Waals surface area contributed by atoms with Crippen LogP contribution in [-0.2, 0) is 20.0 Å². The molecule has 0 aliphatic rings. The highest BCUT2D eigenvalue weighted by molar-refractivity contribution is 7.45. The van der Waals surface area contributed by atoms with Crippen LogP contribution in [0.4, 0.5) is 0 Å². The van der Waals surface area contributed by atoms with E-state index in [0.29, 0.717) is 17.4 Å². The molecule has 0 spiro atoms. The van der Waals surface area contributed by atoms with Crippen LogP contribution in [0.5, 0.6) is 0 Å². The van der Waals surface area contributed by atoms with Crippen LogP contribution in [0.15, 0.2) is 30.3 Å². The van der Waals surface area contributed by atoms with Crippen LogP contribution >= 0.6 is 7.82 Å². The third-order valence-electron chi connectivity index (χ3n) is 2.71. The summed E-state index contributed by atoms with van der Waals surface area (Å²) in [7, 11) is 1.76. The van der Waals surface area contributed by atoms with E-state index >= 15 is 0 Å². The Kier molecular flexibility index (Phi) is 6.86. The Balaban J connectivity index is 2.18. The second-order valence-electron chi connectivity index (χ2n) is 5.72. The molecule has 0 N–H and O–H groups in total. The number of aryl methyl sites for hydroxylation is 1. The number of quaternary nitrogens is 1. The molecule has 5 nitrogen and oxygen atoms in total. The van der Waals surface area contributed by atoms with Gasteiger partial charge in [-0.1, -0.05) is 30.3 Å². The van der Waals surface area contributed by atoms with Crippen molar-refractivity contribution < 1.29 is 23.0 Å². The molecule has 1 aromatic carbocycles. The lowest BCUT2D eigenvalue weighted by molar-refractivity contribution is -0.870. The summed E-state index contributed by atoms with van der Waals surface area (Å²) in [6.07, 6.45) is 1.44. The summed E-state index contributed by atoms with van der Waals surface area (Å²) >= 11 is 0. The molecular weight excluding hydrogens is 277 g/mol. The van der Waals surface area contributed by atoms with E-state index in [1.807, 2.05) is 51.5 Å². The van der Waals surface area contributed by atoms with E-state index < -0.39 is 7.82 Å². The lowest BCUT2D eigenvalue weighted by atomic mass is 10.1. The fourth-order valence-electron chi connectivity index (χ4n) is 1.56. The average molecular weight is 301 g/mol. The molecule has 1 rings (SSSR count).